The summed E-state index contributed by atoms with van der Waals surface area (Å²) in [4.78, 5) is 22.9. The predicted octanol–water partition coefficient (Wildman–Crippen LogP) is 1.84. The Bertz CT molecular complexity index is 359. The van der Waals surface area contributed by atoms with Crippen molar-refractivity contribution in [2.75, 3.05) is 20.3 Å². The number of carbonyl (C=O) groups excluding carboxylic acids is 2. The summed E-state index contributed by atoms with van der Waals surface area (Å²) in [5.74, 6) is -0.416. The Morgan fingerprint density at radius 3 is 2.41 bits per heavy atom. The second-order valence-corrected chi connectivity index (χ2v) is 3.50. The Kier molecular flexibility index (Phi) is 5.96. The second kappa shape index (κ2) is 7.57. The lowest BCUT2D eigenvalue weighted by Gasteiger charge is -2.03. The Labute approximate surface area is 101 Å². The highest BCUT2D eigenvalue weighted by molar-refractivity contribution is 5.97. The van der Waals surface area contributed by atoms with Gasteiger partial charge in [0, 0.05) is 19.1 Å². The Morgan fingerprint density at radius 2 is 1.76 bits per heavy atom. The van der Waals surface area contributed by atoms with E-state index in [4.69, 9.17) is 9.47 Å². The van der Waals surface area contributed by atoms with Crippen LogP contribution in [0.2, 0.25) is 0 Å². The Morgan fingerprint density at radius 1 is 1.06 bits per heavy atom. The molecular weight excluding hydrogens is 220 g/mol. The van der Waals surface area contributed by atoms with Crippen molar-refractivity contribution in [2.45, 2.75) is 12.8 Å². The fourth-order valence-electron chi connectivity index (χ4n) is 1.29. The van der Waals surface area contributed by atoms with Gasteiger partial charge in [0.25, 0.3) is 0 Å². The summed E-state index contributed by atoms with van der Waals surface area (Å²) in [5, 5.41) is 0. The van der Waals surface area contributed by atoms with Crippen molar-refractivity contribution < 1.29 is 19.1 Å². The Hall–Kier alpha value is -1.68. The van der Waals surface area contributed by atoms with Crippen LogP contribution >= 0.6 is 0 Å². The first-order valence-electron chi connectivity index (χ1n) is 5.47. The largest absolute Gasteiger partial charge is 0.463 e. The zero-order valence-electron chi connectivity index (χ0n) is 9.85. The highest BCUT2D eigenvalue weighted by Gasteiger charge is 2.09. The molecule has 17 heavy (non-hydrogen) atoms. The second-order valence-electron chi connectivity index (χ2n) is 3.50. The molecule has 1 rings (SSSR count). The minimum Gasteiger partial charge on any atom is -0.463 e. The Balaban J connectivity index is 2.26. The minimum absolute atomic E-state index is 0.0470. The molecule has 4 heteroatoms. The molecule has 0 aliphatic rings. The molecule has 0 bridgehead atoms. The van der Waals surface area contributed by atoms with E-state index in [1.54, 1.807) is 24.3 Å². The van der Waals surface area contributed by atoms with Crippen molar-refractivity contribution in [3.8, 4) is 0 Å². The zero-order chi connectivity index (χ0) is 12.5. The van der Waals surface area contributed by atoms with E-state index in [0.717, 1.165) is 0 Å². The molecule has 0 fully saturated rings. The van der Waals surface area contributed by atoms with E-state index >= 15 is 0 Å². The molecular formula is C13H16O4. The molecule has 0 saturated carbocycles. The van der Waals surface area contributed by atoms with Gasteiger partial charge in [-0.3, -0.25) is 9.59 Å². The topological polar surface area (TPSA) is 52.6 Å². The first kappa shape index (κ1) is 13.4. The minimum atomic E-state index is -0.369. The molecule has 1 aromatic carbocycles. The van der Waals surface area contributed by atoms with Crippen molar-refractivity contribution >= 4 is 11.8 Å². The van der Waals surface area contributed by atoms with Crippen molar-refractivity contribution in [3.63, 3.8) is 0 Å². The van der Waals surface area contributed by atoms with E-state index in [1.165, 1.54) is 7.11 Å². The number of esters is 1. The maximum absolute atomic E-state index is 11.6. The van der Waals surface area contributed by atoms with Crippen molar-refractivity contribution in [2.24, 2.45) is 0 Å². The summed E-state index contributed by atoms with van der Waals surface area (Å²) >= 11 is 0. The molecule has 0 atom stereocenters. The van der Waals surface area contributed by atoms with E-state index in [1.807, 2.05) is 6.07 Å². The molecule has 0 saturated heterocycles. The fraction of sp³-hybridized carbons (Fsp3) is 0.385. The van der Waals surface area contributed by atoms with Gasteiger partial charge in [-0.1, -0.05) is 30.3 Å². The first-order chi connectivity index (χ1) is 8.24. The smallest absolute Gasteiger partial charge is 0.306 e. The number of ether oxygens (including phenoxy) is 2. The predicted molar refractivity (Wildman–Crippen MR) is 62.8 cm³/mol. The molecule has 1 aromatic rings. The number of rotatable bonds is 7. The van der Waals surface area contributed by atoms with E-state index in [2.05, 4.69) is 0 Å². The van der Waals surface area contributed by atoms with Crippen LogP contribution in [0.3, 0.4) is 0 Å². The standard InChI is InChI=1S/C13H16O4/c1-16-9-10-17-13(15)8-7-12(14)11-5-3-2-4-6-11/h2-6H,7-10H2,1H3. The highest BCUT2D eigenvalue weighted by Crippen LogP contribution is 2.05. The van der Waals surface area contributed by atoms with Crippen molar-refractivity contribution in [3.05, 3.63) is 35.9 Å². The molecule has 0 unspecified atom stereocenters. The van der Waals surface area contributed by atoms with E-state index in [9.17, 15) is 9.59 Å². The van der Waals surface area contributed by atoms with Crippen LogP contribution < -0.4 is 0 Å². The van der Waals surface area contributed by atoms with Crippen LogP contribution in [0.5, 0.6) is 0 Å². The summed E-state index contributed by atoms with van der Waals surface area (Å²) in [6.45, 7) is 0.604. The molecule has 92 valence electrons. The number of ketones is 1. The van der Waals surface area contributed by atoms with Gasteiger partial charge in [0.05, 0.1) is 13.0 Å². The van der Waals surface area contributed by atoms with Crippen molar-refractivity contribution in [1.82, 2.24) is 0 Å². The summed E-state index contributed by atoms with van der Waals surface area (Å²) in [7, 11) is 1.53. The third-order valence-electron chi connectivity index (χ3n) is 2.20. The van der Waals surface area contributed by atoms with Crippen LogP contribution in [-0.4, -0.2) is 32.1 Å². The van der Waals surface area contributed by atoms with Crippen molar-refractivity contribution in [1.29, 1.82) is 0 Å². The number of Topliss-reactive ketones (excluding diaryl/α,β-unsaturated/α-hetero) is 1. The average Bonchev–Trinajstić information content (AvgIpc) is 2.37. The molecule has 0 aromatic heterocycles. The molecule has 0 radical (unpaired) electrons. The van der Waals surface area contributed by atoms with Crippen LogP contribution in [0.4, 0.5) is 0 Å². The van der Waals surface area contributed by atoms with Crippen LogP contribution in [0.1, 0.15) is 23.2 Å². The summed E-state index contributed by atoms with van der Waals surface area (Å²) in [5.41, 5.74) is 0.622. The third kappa shape index (κ3) is 5.26. The van der Waals surface area contributed by atoms with Crippen LogP contribution in [0, 0.1) is 0 Å². The number of methoxy groups -OCH3 is 1. The van der Waals surface area contributed by atoms with Gasteiger partial charge >= 0.3 is 5.97 Å². The SMILES string of the molecule is COCCOC(=O)CCC(=O)c1ccccc1. The van der Waals surface area contributed by atoms with Gasteiger partial charge in [-0.05, 0) is 0 Å². The van der Waals surface area contributed by atoms with Crippen LogP contribution in [0.15, 0.2) is 30.3 Å². The molecule has 0 aliphatic heterocycles. The average molecular weight is 236 g/mol. The van der Waals surface area contributed by atoms with E-state index in [0.29, 0.717) is 12.2 Å². The lowest BCUT2D eigenvalue weighted by atomic mass is 10.1. The van der Waals surface area contributed by atoms with E-state index in [-0.39, 0.29) is 31.2 Å². The summed E-state index contributed by atoms with van der Waals surface area (Å²) < 4.78 is 9.60. The lowest BCUT2D eigenvalue weighted by molar-refractivity contribution is -0.144. The summed E-state index contributed by atoms with van der Waals surface area (Å²) in [6, 6.07) is 8.90. The maximum Gasteiger partial charge on any atom is 0.306 e. The maximum atomic E-state index is 11.6. The normalized spacial score (nSPS) is 9.94. The van der Waals surface area contributed by atoms with Gasteiger partial charge in [0.1, 0.15) is 6.61 Å². The van der Waals surface area contributed by atoms with Gasteiger partial charge in [-0.15, -0.1) is 0 Å². The van der Waals surface area contributed by atoms with Gasteiger partial charge in [-0.2, -0.15) is 0 Å². The number of benzene rings is 1. The zero-order valence-corrected chi connectivity index (χ0v) is 9.85. The fourth-order valence-corrected chi connectivity index (χ4v) is 1.29. The summed E-state index contributed by atoms with van der Waals surface area (Å²) in [6.07, 6.45) is 0.285. The lowest BCUT2D eigenvalue weighted by Crippen LogP contribution is -2.11. The van der Waals surface area contributed by atoms with Gasteiger partial charge in [-0.25, -0.2) is 0 Å². The first-order valence-corrected chi connectivity index (χ1v) is 5.47. The molecule has 0 spiro atoms. The third-order valence-corrected chi connectivity index (χ3v) is 2.20. The monoisotopic (exact) mass is 236 g/mol. The molecule has 0 N–H and O–H groups in total. The number of hydrogen-bond acceptors (Lipinski definition) is 4. The molecule has 0 aliphatic carbocycles. The molecule has 4 nitrogen and oxygen atoms in total. The number of hydrogen-bond donors (Lipinski definition) is 0. The quantitative estimate of drug-likeness (QED) is 0.412. The van der Waals surface area contributed by atoms with Crippen LogP contribution in [0.25, 0.3) is 0 Å². The van der Waals surface area contributed by atoms with Gasteiger partial charge in [0.15, 0.2) is 5.78 Å². The number of carbonyl (C=O) groups is 2. The van der Waals surface area contributed by atoms with E-state index < -0.39 is 0 Å². The van der Waals surface area contributed by atoms with Crippen LogP contribution in [-0.2, 0) is 14.3 Å². The van der Waals surface area contributed by atoms with Gasteiger partial charge in [0.2, 0.25) is 0 Å². The highest BCUT2D eigenvalue weighted by atomic mass is 16.6. The van der Waals surface area contributed by atoms with Gasteiger partial charge < -0.3 is 9.47 Å². The molecule has 0 heterocycles. The molecule has 0 amide bonds.